The van der Waals surface area contributed by atoms with Gasteiger partial charge in [0.05, 0.1) is 12.5 Å². The Hall–Kier alpha value is -1.81. The van der Waals surface area contributed by atoms with Crippen LogP contribution in [0.4, 0.5) is 5.69 Å². The molecule has 0 aliphatic carbocycles. The summed E-state index contributed by atoms with van der Waals surface area (Å²) in [4.78, 5) is 14.7. The number of para-hydroxylation sites is 1. The normalized spacial score (nSPS) is 17.1. The first kappa shape index (κ1) is 13.2. The van der Waals surface area contributed by atoms with Gasteiger partial charge in [-0.25, -0.2) is 0 Å². The molecule has 0 saturated heterocycles. The van der Waals surface area contributed by atoms with Crippen molar-refractivity contribution in [2.24, 2.45) is 5.92 Å². The molecule has 3 rings (SSSR count). The van der Waals surface area contributed by atoms with Gasteiger partial charge in [-0.2, -0.15) is 0 Å². The average Bonchev–Trinajstić information content (AvgIpc) is 2.90. The van der Waals surface area contributed by atoms with Crippen molar-refractivity contribution in [2.45, 2.75) is 19.9 Å². The van der Waals surface area contributed by atoms with E-state index in [2.05, 4.69) is 41.8 Å². The van der Waals surface area contributed by atoms with Gasteiger partial charge in [-0.1, -0.05) is 18.2 Å². The van der Waals surface area contributed by atoms with Crippen molar-refractivity contribution in [3.8, 4) is 0 Å². The molecule has 2 heterocycles. The van der Waals surface area contributed by atoms with Gasteiger partial charge in [0.25, 0.3) is 0 Å². The van der Waals surface area contributed by atoms with E-state index in [9.17, 15) is 4.79 Å². The number of rotatable bonds is 3. The monoisotopic (exact) mass is 286 g/mol. The van der Waals surface area contributed by atoms with Crippen molar-refractivity contribution in [3.63, 3.8) is 0 Å². The lowest BCUT2D eigenvalue weighted by Gasteiger charge is -2.25. The number of carbonyl (C=O) groups is 1. The molecule has 4 heteroatoms. The van der Waals surface area contributed by atoms with E-state index in [4.69, 9.17) is 0 Å². The van der Waals surface area contributed by atoms with Gasteiger partial charge in [0.15, 0.2) is 0 Å². The molecule has 3 nitrogen and oxygen atoms in total. The van der Waals surface area contributed by atoms with Gasteiger partial charge < -0.3 is 10.6 Å². The zero-order valence-corrected chi connectivity index (χ0v) is 12.3. The number of fused-ring (bicyclic) bond motifs is 1. The molecule has 104 valence electrons. The third-order valence-corrected chi connectivity index (χ3v) is 4.63. The predicted octanol–water partition coefficient (Wildman–Crippen LogP) is 2.96. The van der Waals surface area contributed by atoms with Crippen molar-refractivity contribution in [1.82, 2.24) is 5.32 Å². The number of thiophene rings is 1. The minimum atomic E-state index is 0.0194. The van der Waals surface area contributed by atoms with Crippen LogP contribution in [0.25, 0.3) is 0 Å². The molecule has 1 amide bonds. The fourth-order valence-electron chi connectivity index (χ4n) is 2.53. The first-order valence-electron chi connectivity index (χ1n) is 6.87. The Labute approximate surface area is 123 Å². The number of benzene rings is 1. The maximum atomic E-state index is 12.2. The molecule has 2 aromatic rings. The highest BCUT2D eigenvalue weighted by molar-refractivity contribution is 7.11. The highest BCUT2D eigenvalue weighted by Crippen LogP contribution is 2.24. The van der Waals surface area contributed by atoms with Crippen LogP contribution in [-0.2, 0) is 17.8 Å². The zero-order valence-electron chi connectivity index (χ0n) is 11.5. The molecule has 20 heavy (non-hydrogen) atoms. The summed E-state index contributed by atoms with van der Waals surface area (Å²) in [7, 11) is 0. The molecule has 2 N–H and O–H groups in total. The van der Waals surface area contributed by atoms with Crippen molar-refractivity contribution in [3.05, 3.63) is 51.7 Å². The van der Waals surface area contributed by atoms with Gasteiger partial charge in [-0.3, -0.25) is 4.79 Å². The summed E-state index contributed by atoms with van der Waals surface area (Å²) in [5.74, 6) is 0.156. The molecule has 0 spiro atoms. The molecule has 0 bridgehead atoms. The van der Waals surface area contributed by atoms with Crippen LogP contribution >= 0.6 is 11.3 Å². The summed E-state index contributed by atoms with van der Waals surface area (Å²) in [5.41, 5.74) is 2.39. The van der Waals surface area contributed by atoms with Crippen LogP contribution in [0.2, 0.25) is 0 Å². The van der Waals surface area contributed by atoms with Crippen molar-refractivity contribution < 1.29 is 4.79 Å². The summed E-state index contributed by atoms with van der Waals surface area (Å²) in [5, 5.41) is 6.38. The second-order valence-electron chi connectivity index (χ2n) is 5.17. The SMILES string of the molecule is Cc1ccc(CNC(=O)C2CNc3ccccc3C2)s1. The molecule has 1 aromatic carbocycles. The van der Waals surface area contributed by atoms with E-state index in [0.717, 1.165) is 12.1 Å². The Morgan fingerprint density at radius 2 is 2.20 bits per heavy atom. The second kappa shape index (κ2) is 5.67. The summed E-state index contributed by atoms with van der Waals surface area (Å²) in [6.45, 7) is 3.43. The third-order valence-electron chi connectivity index (χ3n) is 3.63. The highest BCUT2D eigenvalue weighted by atomic mass is 32.1. The molecule has 1 aromatic heterocycles. The number of aryl methyl sites for hydroxylation is 1. The molecule has 1 aliphatic rings. The van der Waals surface area contributed by atoms with Gasteiger partial charge in [-0.15, -0.1) is 11.3 Å². The second-order valence-corrected chi connectivity index (χ2v) is 6.54. The van der Waals surface area contributed by atoms with Crippen molar-refractivity contribution in [2.75, 3.05) is 11.9 Å². The van der Waals surface area contributed by atoms with Crippen LogP contribution in [0.1, 0.15) is 15.3 Å². The first-order valence-corrected chi connectivity index (χ1v) is 7.69. The number of carbonyl (C=O) groups excluding carboxylic acids is 1. The van der Waals surface area contributed by atoms with E-state index >= 15 is 0 Å². The number of hydrogen-bond donors (Lipinski definition) is 2. The minimum Gasteiger partial charge on any atom is -0.384 e. The quantitative estimate of drug-likeness (QED) is 0.911. The van der Waals surface area contributed by atoms with E-state index < -0.39 is 0 Å². The van der Waals surface area contributed by atoms with Crippen LogP contribution in [0.3, 0.4) is 0 Å². The smallest absolute Gasteiger partial charge is 0.225 e. The lowest BCUT2D eigenvalue weighted by atomic mass is 9.93. The Kier molecular flexibility index (Phi) is 3.74. The first-order chi connectivity index (χ1) is 9.72. The van der Waals surface area contributed by atoms with Crippen molar-refractivity contribution in [1.29, 1.82) is 0 Å². The zero-order chi connectivity index (χ0) is 13.9. The topological polar surface area (TPSA) is 41.1 Å². The van der Waals surface area contributed by atoms with Crippen LogP contribution in [-0.4, -0.2) is 12.5 Å². The Morgan fingerprint density at radius 1 is 1.35 bits per heavy atom. The predicted molar refractivity (Wildman–Crippen MR) is 83.0 cm³/mol. The summed E-state index contributed by atoms with van der Waals surface area (Å²) >= 11 is 1.73. The van der Waals surface area contributed by atoms with Crippen LogP contribution in [0, 0.1) is 12.8 Å². The number of anilines is 1. The largest absolute Gasteiger partial charge is 0.384 e. The number of amides is 1. The van der Waals surface area contributed by atoms with E-state index in [1.54, 1.807) is 11.3 Å². The lowest BCUT2D eigenvalue weighted by molar-refractivity contribution is -0.124. The molecule has 1 unspecified atom stereocenters. The maximum absolute atomic E-state index is 12.2. The van der Waals surface area contributed by atoms with Gasteiger partial charge in [0.1, 0.15) is 0 Å². The number of nitrogens with one attached hydrogen (secondary N) is 2. The fourth-order valence-corrected chi connectivity index (χ4v) is 3.36. The molecular formula is C16H18N2OS. The van der Waals surface area contributed by atoms with Crippen molar-refractivity contribution >= 4 is 22.9 Å². The standard InChI is InChI=1S/C16H18N2OS/c1-11-6-7-14(20-11)10-18-16(19)13-8-12-4-2-3-5-15(12)17-9-13/h2-7,13,17H,8-10H2,1H3,(H,18,19). The summed E-state index contributed by atoms with van der Waals surface area (Å²) in [6, 6.07) is 12.4. The molecule has 0 fully saturated rings. The van der Waals surface area contributed by atoms with Gasteiger partial charge in [0.2, 0.25) is 5.91 Å². The van der Waals surface area contributed by atoms with Crippen LogP contribution in [0.5, 0.6) is 0 Å². The number of hydrogen-bond acceptors (Lipinski definition) is 3. The fraction of sp³-hybridized carbons (Fsp3) is 0.312. The Balaban J connectivity index is 1.59. The van der Waals surface area contributed by atoms with Crippen LogP contribution < -0.4 is 10.6 Å². The summed E-state index contributed by atoms with van der Waals surface area (Å²) < 4.78 is 0. The van der Waals surface area contributed by atoms with Gasteiger partial charge in [0, 0.05) is 22.0 Å². The van der Waals surface area contributed by atoms with E-state index in [1.165, 1.54) is 15.3 Å². The third kappa shape index (κ3) is 2.85. The molecule has 1 aliphatic heterocycles. The van der Waals surface area contributed by atoms with Gasteiger partial charge in [-0.05, 0) is 37.1 Å². The van der Waals surface area contributed by atoms with Crippen LogP contribution in [0.15, 0.2) is 36.4 Å². The Morgan fingerprint density at radius 3 is 3.00 bits per heavy atom. The lowest BCUT2D eigenvalue weighted by Crippen LogP contribution is -2.37. The van der Waals surface area contributed by atoms with E-state index in [0.29, 0.717) is 13.1 Å². The van der Waals surface area contributed by atoms with E-state index in [1.807, 2.05) is 12.1 Å². The van der Waals surface area contributed by atoms with E-state index in [-0.39, 0.29) is 11.8 Å². The highest BCUT2D eigenvalue weighted by Gasteiger charge is 2.23. The molecule has 1 atom stereocenters. The average molecular weight is 286 g/mol. The maximum Gasteiger partial charge on any atom is 0.225 e. The van der Waals surface area contributed by atoms with Gasteiger partial charge >= 0.3 is 0 Å². The summed E-state index contributed by atoms with van der Waals surface area (Å²) in [6.07, 6.45) is 0.818. The Bertz CT molecular complexity index is 620. The molecular weight excluding hydrogens is 268 g/mol. The molecule has 0 saturated carbocycles. The minimum absolute atomic E-state index is 0.0194. The molecule has 0 radical (unpaired) electrons.